The van der Waals surface area contributed by atoms with Crippen molar-refractivity contribution in [1.82, 2.24) is 5.32 Å². The van der Waals surface area contributed by atoms with Crippen molar-refractivity contribution in [3.8, 4) is 23.0 Å². The Morgan fingerprint density at radius 2 is 1.31 bits per heavy atom. The van der Waals surface area contributed by atoms with Gasteiger partial charge in [-0.3, -0.25) is 0 Å². The first-order chi connectivity index (χ1) is 12.3. The summed E-state index contributed by atoms with van der Waals surface area (Å²) in [6, 6.07) is 6.87. The summed E-state index contributed by atoms with van der Waals surface area (Å²) in [4.78, 5) is 0. The number of rotatable bonds is 4. The van der Waals surface area contributed by atoms with Gasteiger partial charge < -0.3 is 25.0 Å². The van der Waals surface area contributed by atoms with Crippen molar-refractivity contribution in [2.45, 2.75) is 46.3 Å². The molecule has 0 aromatic heterocycles. The molecular weight excluding hydrogens is 330 g/mol. The van der Waals surface area contributed by atoms with Gasteiger partial charge in [0.05, 0.1) is 6.54 Å². The second-order valence-corrected chi connectivity index (χ2v) is 7.06. The van der Waals surface area contributed by atoms with E-state index < -0.39 is 5.79 Å². The maximum Gasteiger partial charge on any atom is 0.263 e. The minimum absolute atomic E-state index is 0.261. The normalized spacial score (nSPS) is 16.3. The van der Waals surface area contributed by atoms with E-state index in [9.17, 15) is 10.2 Å². The van der Waals surface area contributed by atoms with Crippen LogP contribution in [-0.4, -0.2) is 29.1 Å². The van der Waals surface area contributed by atoms with E-state index in [4.69, 9.17) is 9.47 Å². The number of phenolic OH excluding ortho intramolecular Hbond substituents is 2. The Bertz CT molecular complexity index is 749. The Morgan fingerprint density at radius 1 is 0.808 bits per heavy atom. The third kappa shape index (κ3) is 3.44. The summed E-state index contributed by atoms with van der Waals surface area (Å²) >= 11 is 0. The van der Waals surface area contributed by atoms with Gasteiger partial charge in [-0.05, 0) is 87.2 Å². The SMILES string of the molecule is Cc1c(O)ccc(OC2(Oc3ccc(O)c(C)c3C)CCCNC2)c1C. The lowest BCUT2D eigenvalue weighted by atomic mass is 10.0. The first kappa shape index (κ1) is 18.4. The van der Waals surface area contributed by atoms with Crippen molar-refractivity contribution in [1.29, 1.82) is 0 Å². The van der Waals surface area contributed by atoms with E-state index in [0.717, 1.165) is 41.6 Å². The molecule has 0 unspecified atom stereocenters. The van der Waals surface area contributed by atoms with E-state index in [2.05, 4.69) is 5.32 Å². The molecule has 0 spiro atoms. The van der Waals surface area contributed by atoms with Crippen molar-refractivity contribution >= 4 is 0 Å². The molecule has 1 aliphatic heterocycles. The number of benzene rings is 2. The fourth-order valence-corrected chi connectivity index (χ4v) is 3.23. The van der Waals surface area contributed by atoms with Gasteiger partial charge in [0.1, 0.15) is 23.0 Å². The third-order valence-electron chi connectivity index (χ3n) is 5.32. The minimum Gasteiger partial charge on any atom is -0.508 e. The zero-order valence-corrected chi connectivity index (χ0v) is 15.8. The van der Waals surface area contributed by atoms with E-state index in [0.29, 0.717) is 18.0 Å². The standard InChI is InChI=1S/C21H27NO4/c1-13-15(3)19(8-6-17(13)23)25-21(10-5-11-22-12-21)26-20-9-7-18(24)14(2)16(20)4/h6-9,22-24H,5,10-12H2,1-4H3. The second kappa shape index (κ2) is 7.08. The Labute approximate surface area is 154 Å². The molecule has 5 heteroatoms. The molecule has 0 atom stereocenters. The molecule has 2 aromatic rings. The van der Waals surface area contributed by atoms with Crippen molar-refractivity contribution in [3.63, 3.8) is 0 Å². The molecule has 2 aromatic carbocycles. The van der Waals surface area contributed by atoms with Crippen LogP contribution in [0.5, 0.6) is 23.0 Å². The molecular formula is C21H27NO4. The largest absolute Gasteiger partial charge is 0.508 e. The zero-order chi connectivity index (χ0) is 18.9. The number of hydrogen-bond donors (Lipinski definition) is 3. The highest BCUT2D eigenvalue weighted by atomic mass is 16.7. The summed E-state index contributed by atoms with van der Waals surface area (Å²) in [5.41, 5.74) is 3.41. The van der Waals surface area contributed by atoms with Crippen LogP contribution in [0.4, 0.5) is 0 Å². The van der Waals surface area contributed by atoms with Gasteiger partial charge in [0.15, 0.2) is 0 Å². The fourth-order valence-electron chi connectivity index (χ4n) is 3.23. The molecule has 0 aliphatic carbocycles. The van der Waals surface area contributed by atoms with Gasteiger partial charge in [-0.1, -0.05) is 0 Å². The maximum absolute atomic E-state index is 9.90. The van der Waals surface area contributed by atoms with Crippen molar-refractivity contribution in [2.75, 3.05) is 13.1 Å². The number of piperidine rings is 1. The zero-order valence-electron chi connectivity index (χ0n) is 15.8. The maximum atomic E-state index is 9.90. The van der Waals surface area contributed by atoms with Gasteiger partial charge in [0.2, 0.25) is 0 Å². The monoisotopic (exact) mass is 357 g/mol. The molecule has 0 saturated carbocycles. The van der Waals surface area contributed by atoms with Gasteiger partial charge in [0.25, 0.3) is 5.79 Å². The molecule has 0 bridgehead atoms. The molecule has 1 heterocycles. The Hall–Kier alpha value is -2.40. The molecule has 140 valence electrons. The van der Waals surface area contributed by atoms with Gasteiger partial charge >= 0.3 is 0 Å². The van der Waals surface area contributed by atoms with Crippen molar-refractivity contribution < 1.29 is 19.7 Å². The molecule has 3 rings (SSSR count). The Morgan fingerprint density at radius 3 is 1.73 bits per heavy atom. The molecule has 0 amide bonds. The summed E-state index contributed by atoms with van der Waals surface area (Å²) in [5.74, 6) is 1.10. The lowest BCUT2D eigenvalue weighted by Gasteiger charge is -2.39. The summed E-state index contributed by atoms with van der Waals surface area (Å²) in [6.07, 6.45) is 1.69. The van der Waals surface area contributed by atoms with Crippen LogP contribution in [0, 0.1) is 27.7 Å². The number of nitrogens with one attached hydrogen (secondary N) is 1. The van der Waals surface area contributed by atoms with Crippen LogP contribution in [0.2, 0.25) is 0 Å². The number of phenols is 2. The second-order valence-electron chi connectivity index (χ2n) is 7.06. The molecule has 26 heavy (non-hydrogen) atoms. The van der Waals surface area contributed by atoms with Crippen LogP contribution in [-0.2, 0) is 0 Å². The smallest absolute Gasteiger partial charge is 0.263 e. The van der Waals surface area contributed by atoms with E-state index in [1.165, 1.54) is 0 Å². The highest BCUT2D eigenvalue weighted by molar-refractivity contribution is 5.48. The lowest BCUT2D eigenvalue weighted by Crippen LogP contribution is -2.54. The molecule has 0 radical (unpaired) electrons. The molecule has 5 nitrogen and oxygen atoms in total. The van der Waals surface area contributed by atoms with E-state index in [-0.39, 0.29) is 11.5 Å². The summed E-state index contributed by atoms with van der Waals surface area (Å²) in [7, 11) is 0. The van der Waals surface area contributed by atoms with Crippen LogP contribution in [0.3, 0.4) is 0 Å². The lowest BCUT2D eigenvalue weighted by molar-refractivity contribution is -0.127. The predicted molar refractivity (Wildman–Crippen MR) is 101 cm³/mol. The van der Waals surface area contributed by atoms with E-state index >= 15 is 0 Å². The average Bonchev–Trinajstić information content (AvgIpc) is 2.64. The van der Waals surface area contributed by atoms with Crippen LogP contribution >= 0.6 is 0 Å². The van der Waals surface area contributed by atoms with Crippen LogP contribution in [0.25, 0.3) is 0 Å². The summed E-state index contributed by atoms with van der Waals surface area (Å²) in [6.45, 7) is 9.10. The first-order valence-electron chi connectivity index (χ1n) is 9.00. The van der Waals surface area contributed by atoms with Crippen LogP contribution in [0.1, 0.15) is 35.1 Å². The van der Waals surface area contributed by atoms with Crippen LogP contribution < -0.4 is 14.8 Å². The Kier molecular flexibility index (Phi) is 5.01. The molecule has 1 saturated heterocycles. The van der Waals surface area contributed by atoms with Gasteiger partial charge in [-0.2, -0.15) is 0 Å². The van der Waals surface area contributed by atoms with E-state index in [1.54, 1.807) is 24.3 Å². The van der Waals surface area contributed by atoms with E-state index in [1.807, 2.05) is 27.7 Å². The first-order valence-corrected chi connectivity index (χ1v) is 9.00. The molecule has 1 fully saturated rings. The Balaban J connectivity index is 1.95. The van der Waals surface area contributed by atoms with Crippen molar-refractivity contribution in [2.24, 2.45) is 0 Å². The van der Waals surface area contributed by atoms with Gasteiger partial charge in [-0.15, -0.1) is 0 Å². The van der Waals surface area contributed by atoms with Crippen molar-refractivity contribution in [3.05, 3.63) is 46.5 Å². The van der Waals surface area contributed by atoms with Gasteiger partial charge in [0, 0.05) is 6.42 Å². The number of ether oxygens (including phenoxy) is 2. The quantitative estimate of drug-likeness (QED) is 0.725. The fraction of sp³-hybridized carbons (Fsp3) is 0.429. The molecule has 3 N–H and O–H groups in total. The molecule has 1 aliphatic rings. The predicted octanol–water partition coefficient (Wildman–Crippen LogP) is 3.87. The third-order valence-corrected chi connectivity index (χ3v) is 5.32. The van der Waals surface area contributed by atoms with Crippen LogP contribution in [0.15, 0.2) is 24.3 Å². The van der Waals surface area contributed by atoms with Gasteiger partial charge in [-0.25, -0.2) is 0 Å². The number of hydrogen-bond acceptors (Lipinski definition) is 5. The topological polar surface area (TPSA) is 71.0 Å². The minimum atomic E-state index is -0.833. The highest BCUT2D eigenvalue weighted by Crippen LogP contribution is 2.36. The average molecular weight is 357 g/mol. The summed E-state index contributed by atoms with van der Waals surface area (Å²) < 4.78 is 12.8. The highest BCUT2D eigenvalue weighted by Gasteiger charge is 2.38. The summed E-state index contributed by atoms with van der Waals surface area (Å²) in [5, 5.41) is 23.2. The number of aromatic hydroxyl groups is 2.